The lowest BCUT2D eigenvalue weighted by atomic mass is 10.2. The van der Waals surface area contributed by atoms with Crippen LogP contribution in [0.3, 0.4) is 0 Å². The third-order valence-corrected chi connectivity index (χ3v) is 1.21. The fraction of sp³-hybridized carbons (Fsp3) is 0.429. The molecule has 0 aliphatic heterocycles. The minimum Gasteiger partial charge on any atom is -0.661 e. The van der Waals surface area contributed by atoms with Gasteiger partial charge in [0.2, 0.25) is 0 Å². The second-order valence-corrected chi connectivity index (χ2v) is 1.93. The van der Waals surface area contributed by atoms with Gasteiger partial charge in [0.1, 0.15) is 0 Å². The van der Waals surface area contributed by atoms with Gasteiger partial charge in [-0.3, -0.25) is 0 Å². The summed E-state index contributed by atoms with van der Waals surface area (Å²) in [5.41, 5.74) is 1.42. The molecule has 0 aromatic heterocycles. The molecule has 0 aromatic carbocycles. The molecule has 8 heavy (non-hydrogen) atoms. The van der Waals surface area contributed by atoms with Gasteiger partial charge < -0.3 is 5.32 Å². The van der Waals surface area contributed by atoms with E-state index in [0.717, 1.165) is 13.0 Å². The van der Waals surface area contributed by atoms with Crippen molar-refractivity contribution in [1.82, 2.24) is 0 Å². The summed E-state index contributed by atoms with van der Waals surface area (Å²) in [7, 11) is 1.85. The lowest BCUT2D eigenvalue weighted by Gasteiger charge is -2.10. The van der Waals surface area contributed by atoms with Gasteiger partial charge in [-0.05, 0) is 6.42 Å². The average Bonchev–Trinajstić information content (AvgIpc) is 2.19. The number of rotatable bonds is 2. The van der Waals surface area contributed by atoms with Crippen LogP contribution in [0.25, 0.3) is 5.32 Å². The standard InChI is InChI=1S/C7H10N/c1-8-6-7-4-2-3-5-7/h2-4H,5-6H2,1H3/q-1. The fourth-order valence-corrected chi connectivity index (χ4v) is 0.812. The molecule has 44 valence electrons. The predicted octanol–water partition coefficient (Wildman–Crippen LogP) is 1.88. The Morgan fingerprint density at radius 3 is 3.12 bits per heavy atom. The van der Waals surface area contributed by atoms with Crippen LogP contribution in [0, 0.1) is 0 Å². The summed E-state index contributed by atoms with van der Waals surface area (Å²) in [5.74, 6) is 0. The van der Waals surface area contributed by atoms with E-state index in [1.54, 1.807) is 0 Å². The molecule has 0 saturated heterocycles. The third-order valence-electron chi connectivity index (χ3n) is 1.21. The largest absolute Gasteiger partial charge is 0.661 e. The van der Waals surface area contributed by atoms with Crippen molar-refractivity contribution in [2.45, 2.75) is 6.42 Å². The Hall–Kier alpha value is -0.560. The van der Waals surface area contributed by atoms with Crippen LogP contribution in [0.2, 0.25) is 0 Å². The van der Waals surface area contributed by atoms with E-state index in [1.807, 2.05) is 7.05 Å². The van der Waals surface area contributed by atoms with Gasteiger partial charge in [0, 0.05) is 0 Å². The quantitative estimate of drug-likeness (QED) is 0.512. The van der Waals surface area contributed by atoms with Crippen molar-refractivity contribution < 1.29 is 0 Å². The van der Waals surface area contributed by atoms with E-state index < -0.39 is 0 Å². The molecule has 0 radical (unpaired) electrons. The molecule has 0 fully saturated rings. The summed E-state index contributed by atoms with van der Waals surface area (Å²) in [6.07, 6.45) is 7.48. The summed E-state index contributed by atoms with van der Waals surface area (Å²) in [5, 5.41) is 4.01. The minimum absolute atomic E-state index is 0.910. The highest BCUT2D eigenvalue weighted by atomic mass is 14.8. The van der Waals surface area contributed by atoms with Gasteiger partial charge in [-0.1, -0.05) is 23.8 Å². The zero-order valence-corrected chi connectivity index (χ0v) is 5.09. The van der Waals surface area contributed by atoms with E-state index in [1.165, 1.54) is 5.57 Å². The van der Waals surface area contributed by atoms with E-state index in [9.17, 15) is 0 Å². The van der Waals surface area contributed by atoms with Crippen LogP contribution in [-0.4, -0.2) is 13.6 Å². The summed E-state index contributed by atoms with van der Waals surface area (Å²) in [6.45, 7) is 0.910. The molecule has 0 spiro atoms. The van der Waals surface area contributed by atoms with Crippen LogP contribution in [0.15, 0.2) is 23.8 Å². The van der Waals surface area contributed by atoms with Gasteiger partial charge in [-0.15, -0.1) is 6.54 Å². The second-order valence-electron chi connectivity index (χ2n) is 1.93. The maximum absolute atomic E-state index is 4.01. The number of nitrogens with zero attached hydrogens (tertiary/aromatic N) is 1. The normalized spacial score (nSPS) is 16.9. The topological polar surface area (TPSA) is 14.1 Å². The maximum Gasteiger partial charge on any atom is -0.0150 e. The van der Waals surface area contributed by atoms with Crippen LogP contribution in [0.1, 0.15) is 6.42 Å². The van der Waals surface area contributed by atoms with Crippen LogP contribution < -0.4 is 0 Å². The highest BCUT2D eigenvalue weighted by Crippen LogP contribution is 2.10. The molecular formula is C7H10N-. The zero-order chi connectivity index (χ0) is 5.82. The molecule has 1 heteroatoms. The highest BCUT2D eigenvalue weighted by molar-refractivity contribution is 5.25. The molecule has 0 heterocycles. The smallest absolute Gasteiger partial charge is 0.0150 e. The SMILES string of the molecule is C[N-]CC1=CC=CC1. The van der Waals surface area contributed by atoms with Gasteiger partial charge in [0.25, 0.3) is 0 Å². The monoisotopic (exact) mass is 108 g/mol. The summed E-state index contributed by atoms with van der Waals surface area (Å²) < 4.78 is 0. The first-order valence-corrected chi connectivity index (χ1v) is 2.83. The van der Waals surface area contributed by atoms with Gasteiger partial charge in [0.05, 0.1) is 0 Å². The van der Waals surface area contributed by atoms with Gasteiger partial charge in [0.15, 0.2) is 0 Å². The summed E-state index contributed by atoms with van der Waals surface area (Å²) in [6, 6.07) is 0. The Kier molecular flexibility index (Phi) is 1.86. The fourth-order valence-electron chi connectivity index (χ4n) is 0.812. The van der Waals surface area contributed by atoms with Crippen molar-refractivity contribution in [1.29, 1.82) is 0 Å². The Labute approximate surface area is 50.1 Å². The van der Waals surface area contributed by atoms with Crippen LogP contribution in [-0.2, 0) is 0 Å². The maximum atomic E-state index is 4.01. The van der Waals surface area contributed by atoms with Gasteiger partial charge in [-0.2, -0.15) is 7.05 Å². The molecule has 0 N–H and O–H groups in total. The van der Waals surface area contributed by atoms with E-state index in [2.05, 4.69) is 23.5 Å². The number of hydrogen-bond donors (Lipinski definition) is 0. The number of hydrogen-bond acceptors (Lipinski definition) is 0. The Morgan fingerprint density at radius 1 is 1.75 bits per heavy atom. The van der Waals surface area contributed by atoms with Crippen molar-refractivity contribution in [3.05, 3.63) is 29.1 Å². The molecule has 0 amide bonds. The number of likely N-dealkylation sites (N-methyl/N-ethyl adjacent to an activating group) is 1. The zero-order valence-electron chi connectivity index (χ0n) is 5.09. The van der Waals surface area contributed by atoms with Crippen LogP contribution >= 0.6 is 0 Å². The van der Waals surface area contributed by atoms with Crippen LogP contribution in [0.5, 0.6) is 0 Å². The second kappa shape index (κ2) is 2.68. The first-order chi connectivity index (χ1) is 3.93. The molecule has 0 aromatic rings. The first-order valence-electron chi connectivity index (χ1n) is 2.83. The Balaban J connectivity index is 2.28. The molecule has 0 saturated carbocycles. The van der Waals surface area contributed by atoms with E-state index >= 15 is 0 Å². The average molecular weight is 108 g/mol. The molecular weight excluding hydrogens is 98.1 g/mol. The third kappa shape index (κ3) is 1.20. The molecule has 1 nitrogen and oxygen atoms in total. The summed E-state index contributed by atoms with van der Waals surface area (Å²) >= 11 is 0. The van der Waals surface area contributed by atoms with Crippen molar-refractivity contribution in [2.75, 3.05) is 13.6 Å². The van der Waals surface area contributed by atoms with Crippen molar-refractivity contribution in [2.24, 2.45) is 0 Å². The number of allylic oxidation sites excluding steroid dienone is 3. The Morgan fingerprint density at radius 2 is 2.62 bits per heavy atom. The van der Waals surface area contributed by atoms with Crippen molar-refractivity contribution in [3.63, 3.8) is 0 Å². The van der Waals surface area contributed by atoms with E-state index in [4.69, 9.17) is 0 Å². The first kappa shape index (κ1) is 5.57. The molecule has 1 aliphatic rings. The Bertz CT molecular complexity index is 122. The van der Waals surface area contributed by atoms with E-state index in [0.29, 0.717) is 0 Å². The molecule has 0 atom stereocenters. The van der Waals surface area contributed by atoms with E-state index in [-0.39, 0.29) is 0 Å². The minimum atomic E-state index is 0.910. The van der Waals surface area contributed by atoms with Crippen molar-refractivity contribution in [3.8, 4) is 0 Å². The van der Waals surface area contributed by atoms with Crippen LogP contribution in [0.4, 0.5) is 0 Å². The molecule has 1 rings (SSSR count). The van der Waals surface area contributed by atoms with Gasteiger partial charge in [-0.25, -0.2) is 0 Å². The highest BCUT2D eigenvalue weighted by Gasteiger charge is 1.89. The lowest BCUT2D eigenvalue weighted by Crippen LogP contribution is -1.83. The van der Waals surface area contributed by atoms with Crippen molar-refractivity contribution >= 4 is 0 Å². The van der Waals surface area contributed by atoms with Gasteiger partial charge >= 0.3 is 0 Å². The predicted molar refractivity (Wildman–Crippen MR) is 36.0 cm³/mol. The molecule has 1 aliphatic carbocycles. The summed E-state index contributed by atoms with van der Waals surface area (Å²) in [4.78, 5) is 0. The molecule has 0 unspecified atom stereocenters. The lowest BCUT2D eigenvalue weighted by molar-refractivity contribution is 1.16. The molecule has 0 bridgehead atoms.